The zero-order valence-electron chi connectivity index (χ0n) is 16.6. The zero-order chi connectivity index (χ0) is 23.1. The van der Waals surface area contributed by atoms with Crippen LogP contribution in [0.4, 0.5) is 24.7 Å². The third-order valence-corrected chi connectivity index (χ3v) is 6.43. The Labute approximate surface area is 180 Å². The van der Waals surface area contributed by atoms with E-state index in [0.29, 0.717) is 5.76 Å². The molecule has 13 heteroatoms. The molecule has 9 nitrogen and oxygen atoms in total. The van der Waals surface area contributed by atoms with Crippen LogP contribution in [0, 0.1) is 0 Å². The van der Waals surface area contributed by atoms with Gasteiger partial charge >= 0.3 is 6.18 Å². The fraction of sp³-hybridized carbons (Fsp3) is 0.263. The SMILES string of the molecule is CNS(=O)(=O)c1ccc(NC(=O)c2cc3n(n2)[C@H](C(F)(F)F)C[C@@H](c2ccco2)N3)cc1. The molecule has 1 aliphatic rings. The van der Waals surface area contributed by atoms with E-state index in [-0.39, 0.29) is 28.5 Å². The minimum atomic E-state index is -4.59. The first kappa shape index (κ1) is 21.9. The van der Waals surface area contributed by atoms with Gasteiger partial charge in [0, 0.05) is 18.2 Å². The van der Waals surface area contributed by atoms with Crippen molar-refractivity contribution in [3.05, 3.63) is 60.2 Å². The summed E-state index contributed by atoms with van der Waals surface area (Å²) in [6.45, 7) is 0. The summed E-state index contributed by atoms with van der Waals surface area (Å²) >= 11 is 0. The Morgan fingerprint density at radius 1 is 1.25 bits per heavy atom. The summed E-state index contributed by atoms with van der Waals surface area (Å²) in [6, 6.07) is 7.00. The molecule has 2 atom stereocenters. The van der Waals surface area contributed by atoms with Crippen molar-refractivity contribution in [3.8, 4) is 0 Å². The number of rotatable bonds is 5. The molecular weight excluding hydrogens is 451 g/mol. The van der Waals surface area contributed by atoms with Crippen LogP contribution < -0.4 is 15.4 Å². The van der Waals surface area contributed by atoms with E-state index in [4.69, 9.17) is 4.42 Å². The van der Waals surface area contributed by atoms with Gasteiger partial charge in [-0.25, -0.2) is 17.8 Å². The number of benzene rings is 1. The van der Waals surface area contributed by atoms with Crippen LogP contribution in [0.1, 0.15) is 34.8 Å². The van der Waals surface area contributed by atoms with E-state index in [1.807, 2.05) is 0 Å². The van der Waals surface area contributed by atoms with Gasteiger partial charge < -0.3 is 15.1 Å². The summed E-state index contributed by atoms with van der Waals surface area (Å²) in [5, 5.41) is 9.29. The summed E-state index contributed by atoms with van der Waals surface area (Å²) in [7, 11) is -2.37. The molecule has 1 aliphatic heterocycles. The molecule has 3 aromatic rings. The van der Waals surface area contributed by atoms with Gasteiger partial charge in [0.25, 0.3) is 5.91 Å². The highest BCUT2D eigenvalue weighted by molar-refractivity contribution is 7.89. The average molecular weight is 469 g/mol. The van der Waals surface area contributed by atoms with Crippen LogP contribution >= 0.6 is 0 Å². The number of furan rings is 1. The number of fused-ring (bicyclic) bond motifs is 1. The quantitative estimate of drug-likeness (QED) is 0.528. The van der Waals surface area contributed by atoms with E-state index in [1.54, 1.807) is 12.1 Å². The van der Waals surface area contributed by atoms with E-state index in [2.05, 4.69) is 20.5 Å². The van der Waals surface area contributed by atoms with Crippen molar-refractivity contribution < 1.29 is 30.8 Å². The van der Waals surface area contributed by atoms with Gasteiger partial charge in [0.1, 0.15) is 11.6 Å². The highest BCUT2D eigenvalue weighted by Gasteiger charge is 2.47. The molecule has 4 rings (SSSR count). The van der Waals surface area contributed by atoms with Crippen LogP contribution in [-0.4, -0.2) is 37.3 Å². The summed E-state index contributed by atoms with van der Waals surface area (Å²) in [5.41, 5.74) is 0.0265. The lowest BCUT2D eigenvalue weighted by molar-refractivity contribution is -0.174. The first-order chi connectivity index (χ1) is 15.1. The second kappa shape index (κ2) is 7.98. The van der Waals surface area contributed by atoms with Crippen molar-refractivity contribution >= 4 is 27.4 Å². The van der Waals surface area contributed by atoms with Crippen LogP contribution in [0.25, 0.3) is 0 Å². The van der Waals surface area contributed by atoms with E-state index in [9.17, 15) is 26.4 Å². The Hall–Kier alpha value is -3.32. The Balaban J connectivity index is 1.58. The van der Waals surface area contributed by atoms with E-state index >= 15 is 0 Å². The van der Waals surface area contributed by atoms with Crippen LogP contribution in [0.2, 0.25) is 0 Å². The molecule has 0 saturated heterocycles. The minimum Gasteiger partial charge on any atom is -0.467 e. The topological polar surface area (TPSA) is 118 Å². The first-order valence-electron chi connectivity index (χ1n) is 9.39. The van der Waals surface area contributed by atoms with Crippen molar-refractivity contribution in [3.63, 3.8) is 0 Å². The predicted molar refractivity (Wildman–Crippen MR) is 108 cm³/mol. The Kier molecular flexibility index (Phi) is 5.46. The number of alkyl halides is 3. The Bertz CT molecular complexity index is 1220. The lowest BCUT2D eigenvalue weighted by Gasteiger charge is -2.32. The zero-order valence-corrected chi connectivity index (χ0v) is 17.4. The number of sulfonamides is 1. The molecule has 3 heterocycles. The normalized spacial score (nSPS) is 18.6. The van der Waals surface area contributed by atoms with Crippen LogP contribution in [0.15, 0.2) is 58.0 Å². The lowest BCUT2D eigenvalue weighted by Crippen LogP contribution is -2.35. The van der Waals surface area contributed by atoms with Gasteiger partial charge in [-0.15, -0.1) is 0 Å². The number of anilines is 2. The number of hydrogen-bond donors (Lipinski definition) is 3. The second-order valence-electron chi connectivity index (χ2n) is 7.05. The first-order valence-corrected chi connectivity index (χ1v) is 10.9. The summed E-state index contributed by atoms with van der Waals surface area (Å²) < 4.78 is 72.7. The smallest absolute Gasteiger partial charge is 0.410 e. The molecule has 32 heavy (non-hydrogen) atoms. The standard InChI is InChI=1S/C19H18F3N5O4S/c1-23-32(29,30)12-6-4-11(5-7-12)24-18(28)14-10-17-25-13(15-3-2-8-31-15)9-16(19(20,21)22)27(17)26-14/h2-8,10,13,16,23,25H,9H2,1H3,(H,24,28)/t13-,16-/m0/s1. The van der Waals surface area contributed by atoms with Gasteiger partial charge in [-0.3, -0.25) is 4.79 Å². The average Bonchev–Trinajstić information content (AvgIpc) is 3.42. The summed E-state index contributed by atoms with van der Waals surface area (Å²) in [4.78, 5) is 12.6. The van der Waals surface area contributed by atoms with Gasteiger partial charge in [0.05, 0.1) is 17.2 Å². The molecule has 0 bridgehead atoms. The molecule has 0 spiro atoms. The Morgan fingerprint density at radius 2 is 1.97 bits per heavy atom. The molecule has 0 unspecified atom stereocenters. The second-order valence-corrected chi connectivity index (χ2v) is 8.94. The number of nitrogens with one attached hydrogen (secondary N) is 3. The molecule has 170 valence electrons. The number of aromatic nitrogens is 2. The van der Waals surface area contributed by atoms with Crippen molar-refractivity contribution in [1.82, 2.24) is 14.5 Å². The van der Waals surface area contributed by atoms with Crippen molar-refractivity contribution in [2.24, 2.45) is 0 Å². The largest absolute Gasteiger partial charge is 0.467 e. The third kappa shape index (κ3) is 4.21. The molecule has 2 aromatic heterocycles. The molecule has 0 saturated carbocycles. The molecule has 0 fully saturated rings. The van der Waals surface area contributed by atoms with Gasteiger partial charge in [-0.2, -0.15) is 18.3 Å². The number of halogens is 3. The van der Waals surface area contributed by atoms with Crippen LogP contribution in [-0.2, 0) is 10.0 Å². The fourth-order valence-corrected chi connectivity index (χ4v) is 4.12. The maximum absolute atomic E-state index is 13.7. The van der Waals surface area contributed by atoms with Gasteiger partial charge in [0.2, 0.25) is 10.0 Å². The maximum Gasteiger partial charge on any atom is 0.410 e. The Morgan fingerprint density at radius 3 is 2.56 bits per heavy atom. The number of nitrogens with zero attached hydrogens (tertiary/aromatic N) is 2. The van der Waals surface area contributed by atoms with E-state index in [0.717, 1.165) is 4.68 Å². The number of carbonyl (C=O) groups is 1. The summed E-state index contributed by atoms with van der Waals surface area (Å²) in [6.07, 6.45) is -3.57. The molecular formula is C19H18F3N5O4S. The number of hydrogen-bond acceptors (Lipinski definition) is 6. The molecule has 3 N–H and O–H groups in total. The molecule has 1 amide bonds. The monoisotopic (exact) mass is 469 g/mol. The van der Waals surface area contributed by atoms with Gasteiger partial charge in [-0.05, 0) is 43.4 Å². The summed E-state index contributed by atoms with van der Waals surface area (Å²) in [5.74, 6) is -0.372. The van der Waals surface area contributed by atoms with E-state index in [1.165, 1.54) is 43.6 Å². The lowest BCUT2D eigenvalue weighted by atomic mass is 10.0. The van der Waals surface area contributed by atoms with Gasteiger partial charge in [0.15, 0.2) is 11.7 Å². The number of amides is 1. The van der Waals surface area contributed by atoms with Crippen LogP contribution in [0.5, 0.6) is 0 Å². The minimum absolute atomic E-state index is 0.00311. The third-order valence-electron chi connectivity index (χ3n) is 5.00. The molecule has 1 aromatic carbocycles. The molecule has 0 radical (unpaired) electrons. The maximum atomic E-state index is 13.7. The molecule has 0 aliphatic carbocycles. The highest BCUT2D eigenvalue weighted by Crippen LogP contribution is 2.43. The van der Waals surface area contributed by atoms with Crippen molar-refractivity contribution in [2.45, 2.75) is 29.6 Å². The van der Waals surface area contributed by atoms with Gasteiger partial charge in [-0.1, -0.05) is 0 Å². The van der Waals surface area contributed by atoms with Crippen molar-refractivity contribution in [1.29, 1.82) is 0 Å². The number of carbonyl (C=O) groups excluding carboxylic acids is 1. The van der Waals surface area contributed by atoms with Crippen molar-refractivity contribution in [2.75, 3.05) is 17.7 Å². The highest BCUT2D eigenvalue weighted by atomic mass is 32.2. The van der Waals surface area contributed by atoms with E-state index < -0.39 is 34.2 Å². The van der Waals surface area contributed by atoms with Crippen LogP contribution in [0.3, 0.4) is 0 Å². The predicted octanol–water partition coefficient (Wildman–Crippen LogP) is 3.30. The fourth-order valence-electron chi connectivity index (χ4n) is 3.39.